The molecule has 18 heavy (non-hydrogen) atoms. The van der Waals surface area contributed by atoms with Crippen molar-refractivity contribution in [2.75, 3.05) is 19.6 Å². The minimum Gasteiger partial charge on any atom is -0.481 e. The van der Waals surface area contributed by atoms with Gasteiger partial charge in [-0.3, -0.25) is 4.79 Å². The molecule has 1 rings (SSSR count). The summed E-state index contributed by atoms with van der Waals surface area (Å²) in [5.74, 6) is -0.252. The van der Waals surface area contributed by atoms with Crippen molar-refractivity contribution < 1.29 is 9.90 Å². The predicted molar refractivity (Wildman–Crippen MR) is 74.8 cm³/mol. The van der Waals surface area contributed by atoms with Crippen LogP contribution in [0.3, 0.4) is 0 Å². The molecule has 3 nitrogen and oxygen atoms in total. The molecule has 0 radical (unpaired) electrons. The van der Waals surface area contributed by atoms with Crippen LogP contribution in [0.2, 0.25) is 0 Å². The second-order valence-electron chi connectivity index (χ2n) is 5.67. The normalized spacial score (nSPS) is 21.1. The molecule has 0 aliphatic carbocycles. The number of nitrogens with zero attached hydrogens (tertiary/aromatic N) is 1. The maximum atomic E-state index is 10.7. The van der Waals surface area contributed by atoms with E-state index in [-0.39, 0.29) is 0 Å². The fourth-order valence-corrected chi connectivity index (χ4v) is 2.88. The van der Waals surface area contributed by atoms with Gasteiger partial charge in [0.05, 0.1) is 0 Å². The lowest BCUT2D eigenvalue weighted by molar-refractivity contribution is -0.138. The zero-order valence-corrected chi connectivity index (χ0v) is 11.9. The van der Waals surface area contributed by atoms with E-state index in [2.05, 4.69) is 11.8 Å². The molecule has 1 atom stereocenters. The van der Waals surface area contributed by atoms with Crippen molar-refractivity contribution >= 4 is 5.97 Å². The van der Waals surface area contributed by atoms with E-state index in [0.717, 1.165) is 13.0 Å². The number of unbranched alkanes of at least 4 members (excludes halogenated alkanes) is 5. The number of likely N-dealkylation sites (tertiary alicyclic amines) is 1. The van der Waals surface area contributed by atoms with Crippen molar-refractivity contribution in [1.29, 1.82) is 0 Å². The van der Waals surface area contributed by atoms with Crippen LogP contribution in [0.1, 0.15) is 64.7 Å². The van der Waals surface area contributed by atoms with Gasteiger partial charge in [-0.25, -0.2) is 0 Å². The van der Waals surface area contributed by atoms with E-state index >= 15 is 0 Å². The predicted octanol–water partition coefficient (Wildman–Crippen LogP) is 3.53. The number of aliphatic carboxylic acids is 1. The molecule has 0 aromatic carbocycles. The molecular weight excluding hydrogens is 226 g/mol. The van der Waals surface area contributed by atoms with Gasteiger partial charge in [-0.2, -0.15) is 0 Å². The summed E-state index contributed by atoms with van der Waals surface area (Å²) in [5, 5.41) is 8.83. The van der Waals surface area contributed by atoms with Crippen LogP contribution in [-0.4, -0.2) is 35.6 Å². The van der Waals surface area contributed by atoms with Gasteiger partial charge in [-0.05, 0) is 38.3 Å². The molecular formula is C15H29NO2. The molecule has 0 amide bonds. The van der Waals surface area contributed by atoms with Crippen LogP contribution in [0, 0.1) is 5.92 Å². The van der Waals surface area contributed by atoms with Gasteiger partial charge in [-0.1, -0.05) is 39.0 Å². The summed E-state index contributed by atoms with van der Waals surface area (Å²) < 4.78 is 0. The molecule has 106 valence electrons. The highest BCUT2D eigenvalue weighted by atomic mass is 16.4. The first-order chi connectivity index (χ1) is 8.72. The Labute approximate surface area is 112 Å². The number of carboxylic acids is 1. The van der Waals surface area contributed by atoms with Crippen molar-refractivity contribution in [3.63, 3.8) is 0 Å². The third-order valence-electron chi connectivity index (χ3n) is 3.89. The van der Waals surface area contributed by atoms with Crippen LogP contribution in [-0.2, 0) is 4.79 Å². The molecule has 0 aromatic heterocycles. The summed E-state index contributed by atoms with van der Waals surface area (Å²) in [4.78, 5) is 13.2. The van der Waals surface area contributed by atoms with Gasteiger partial charge in [-0.15, -0.1) is 0 Å². The first-order valence-electron chi connectivity index (χ1n) is 7.66. The molecule has 1 unspecified atom stereocenters. The third kappa shape index (κ3) is 7.00. The Morgan fingerprint density at radius 3 is 2.67 bits per heavy atom. The maximum Gasteiger partial charge on any atom is 0.303 e. The van der Waals surface area contributed by atoms with Gasteiger partial charge < -0.3 is 10.0 Å². The highest BCUT2D eigenvalue weighted by Crippen LogP contribution is 2.20. The Balaban J connectivity index is 2.05. The van der Waals surface area contributed by atoms with Crippen LogP contribution in [0.4, 0.5) is 0 Å². The molecule has 1 aliphatic rings. The van der Waals surface area contributed by atoms with E-state index in [4.69, 9.17) is 5.11 Å². The summed E-state index contributed by atoms with van der Waals surface area (Å²) in [5.41, 5.74) is 0. The van der Waals surface area contributed by atoms with E-state index in [0.29, 0.717) is 12.3 Å². The molecule has 3 heteroatoms. The van der Waals surface area contributed by atoms with Gasteiger partial charge in [0.15, 0.2) is 0 Å². The maximum absolute atomic E-state index is 10.7. The number of carboxylic acid groups (broad SMARTS) is 1. The Kier molecular flexibility index (Phi) is 8.06. The number of piperidine rings is 1. The smallest absolute Gasteiger partial charge is 0.303 e. The van der Waals surface area contributed by atoms with Crippen molar-refractivity contribution in [2.24, 2.45) is 5.92 Å². The zero-order chi connectivity index (χ0) is 13.2. The van der Waals surface area contributed by atoms with E-state index < -0.39 is 5.97 Å². The molecule has 1 aliphatic heterocycles. The van der Waals surface area contributed by atoms with E-state index in [1.165, 1.54) is 58.0 Å². The van der Waals surface area contributed by atoms with Crippen LogP contribution in [0.15, 0.2) is 0 Å². The molecule has 1 fully saturated rings. The molecule has 1 saturated heterocycles. The summed E-state index contributed by atoms with van der Waals surface area (Å²) in [7, 11) is 0. The number of carbonyl (C=O) groups is 1. The molecule has 1 heterocycles. The van der Waals surface area contributed by atoms with Crippen molar-refractivity contribution in [3.05, 3.63) is 0 Å². The Bertz CT molecular complexity index is 231. The Morgan fingerprint density at radius 1 is 1.22 bits per heavy atom. The van der Waals surface area contributed by atoms with Gasteiger partial charge in [0.2, 0.25) is 0 Å². The van der Waals surface area contributed by atoms with Gasteiger partial charge in [0, 0.05) is 13.0 Å². The Hall–Kier alpha value is -0.570. The largest absolute Gasteiger partial charge is 0.481 e. The topological polar surface area (TPSA) is 40.5 Å². The monoisotopic (exact) mass is 255 g/mol. The third-order valence-corrected chi connectivity index (χ3v) is 3.89. The highest BCUT2D eigenvalue weighted by molar-refractivity contribution is 5.67. The fraction of sp³-hybridized carbons (Fsp3) is 0.933. The number of hydrogen-bond donors (Lipinski definition) is 1. The standard InChI is InChI=1S/C15H29NO2/c1-2-3-4-5-6-7-10-16-11-8-9-14(13-16)12-15(17)18/h14H,2-13H2,1H3,(H,17,18). The fourth-order valence-electron chi connectivity index (χ4n) is 2.88. The molecule has 1 N–H and O–H groups in total. The zero-order valence-electron chi connectivity index (χ0n) is 11.9. The van der Waals surface area contributed by atoms with Gasteiger partial charge in [0.25, 0.3) is 0 Å². The second kappa shape index (κ2) is 9.37. The lowest BCUT2D eigenvalue weighted by atomic mass is 9.94. The first-order valence-corrected chi connectivity index (χ1v) is 7.66. The van der Waals surface area contributed by atoms with Gasteiger partial charge in [0.1, 0.15) is 0 Å². The second-order valence-corrected chi connectivity index (χ2v) is 5.67. The first kappa shape index (κ1) is 15.5. The van der Waals surface area contributed by atoms with Crippen LogP contribution >= 0.6 is 0 Å². The summed E-state index contributed by atoms with van der Waals surface area (Å²) in [6, 6.07) is 0. The Morgan fingerprint density at radius 2 is 1.94 bits per heavy atom. The lowest BCUT2D eigenvalue weighted by Gasteiger charge is -2.32. The summed E-state index contributed by atoms with van der Waals surface area (Å²) in [6.45, 7) is 5.59. The van der Waals surface area contributed by atoms with Crippen LogP contribution in [0.5, 0.6) is 0 Å². The SMILES string of the molecule is CCCCCCCCN1CCCC(CC(=O)O)C1. The van der Waals surface area contributed by atoms with Crippen molar-refractivity contribution in [3.8, 4) is 0 Å². The van der Waals surface area contributed by atoms with Crippen molar-refractivity contribution in [2.45, 2.75) is 64.7 Å². The molecule has 0 spiro atoms. The minimum atomic E-state index is -0.638. The molecule has 0 aromatic rings. The summed E-state index contributed by atoms with van der Waals surface area (Å²) in [6.07, 6.45) is 10.6. The average Bonchev–Trinajstić information content (AvgIpc) is 2.33. The highest BCUT2D eigenvalue weighted by Gasteiger charge is 2.21. The minimum absolute atomic E-state index is 0.354. The number of rotatable bonds is 9. The number of hydrogen-bond acceptors (Lipinski definition) is 2. The lowest BCUT2D eigenvalue weighted by Crippen LogP contribution is -2.36. The van der Waals surface area contributed by atoms with Crippen molar-refractivity contribution in [1.82, 2.24) is 4.90 Å². The average molecular weight is 255 g/mol. The summed E-state index contributed by atoms with van der Waals surface area (Å²) >= 11 is 0. The molecule has 0 saturated carbocycles. The van der Waals surface area contributed by atoms with E-state index in [1.54, 1.807) is 0 Å². The van der Waals surface area contributed by atoms with Crippen LogP contribution in [0.25, 0.3) is 0 Å². The van der Waals surface area contributed by atoms with Crippen LogP contribution < -0.4 is 0 Å². The van der Waals surface area contributed by atoms with E-state index in [9.17, 15) is 4.79 Å². The van der Waals surface area contributed by atoms with Gasteiger partial charge >= 0.3 is 5.97 Å². The quantitative estimate of drug-likeness (QED) is 0.641. The van der Waals surface area contributed by atoms with E-state index in [1.807, 2.05) is 0 Å². The molecule has 0 bridgehead atoms.